The molecule has 0 amide bonds. The Kier molecular flexibility index (Phi) is 9.66. The molecule has 0 atom stereocenters. The molecule has 0 heterocycles. The minimum Gasteiger partial charge on any atom is -0.0860 e. The highest BCUT2D eigenvalue weighted by Crippen LogP contribution is 2.25. The van der Waals surface area contributed by atoms with Crippen LogP contribution in [0.1, 0.15) is 46.0 Å². The molecule has 12 heavy (non-hydrogen) atoms. The summed E-state index contributed by atoms with van der Waals surface area (Å²) in [5.74, 6) is 0. The molecule has 0 nitrogen and oxygen atoms in total. The van der Waals surface area contributed by atoms with Gasteiger partial charge in [-0.3, -0.25) is 0 Å². The Balaban J connectivity index is 4.11. The zero-order chi connectivity index (χ0) is 9.40. The summed E-state index contributed by atoms with van der Waals surface area (Å²) in [4.78, 5) is 0. The molecule has 0 aromatic rings. The summed E-state index contributed by atoms with van der Waals surface area (Å²) in [5, 5.41) is 0. The lowest BCUT2D eigenvalue weighted by Gasteiger charge is -2.07. The molecule has 0 aromatic carbocycles. The van der Waals surface area contributed by atoms with E-state index in [9.17, 15) is 0 Å². The predicted octanol–water partition coefficient (Wildman–Crippen LogP) is 5.10. The maximum absolute atomic E-state index is 2.53. The second-order valence-corrected chi connectivity index (χ2v) is 5.33. The minimum atomic E-state index is 1.27. The van der Waals surface area contributed by atoms with Crippen LogP contribution in [0.5, 0.6) is 0 Å². The highest BCUT2D eigenvalue weighted by molar-refractivity contribution is 14.1. The Labute approximate surface area is 104 Å². The lowest BCUT2D eigenvalue weighted by molar-refractivity contribution is 0.838. The van der Waals surface area contributed by atoms with Gasteiger partial charge in [-0.05, 0) is 45.4 Å². The van der Waals surface area contributed by atoms with E-state index in [1.165, 1.54) is 36.5 Å². The fourth-order valence-corrected chi connectivity index (χ4v) is 2.94. The summed E-state index contributed by atoms with van der Waals surface area (Å²) in [7, 11) is 0. The average Bonchev–Trinajstić information content (AvgIpc) is 2.04. The lowest BCUT2D eigenvalue weighted by atomic mass is 10.1. The van der Waals surface area contributed by atoms with Crippen LogP contribution in [0.4, 0.5) is 0 Å². The highest BCUT2D eigenvalue weighted by Gasteiger charge is 2.01. The van der Waals surface area contributed by atoms with Crippen molar-refractivity contribution < 1.29 is 0 Å². The summed E-state index contributed by atoms with van der Waals surface area (Å²) in [5.41, 5.74) is 1.70. The quantitative estimate of drug-likeness (QED) is 0.436. The van der Waals surface area contributed by atoms with Gasteiger partial charge in [-0.25, -0.2) is 0 Å². The first kappa shape index (κ1) is 13.2. The molecular weight excluding hydrogens is 374 g/mol. The number of rotatable bonds is 6. The van der Waals surface area contributed by atoms with Crippen LogP contribution in [-0.4, -0.2) is 4.43 Å². The van der Waals surface area contributed by atoms with Crippen LogP contribution in [0.3, 0.4) is 0 Å². The molecule has 0 aliphatic heterocycles. The molecular formula is C10H18I2. The molecule has 0 rings (SSSR count). The van der Waals surface area contributed by atoms with Gasteiger partial charge in [-0.2, -0.15) is 0 Å². The largest absolute Gasteiger partial charge is 0.0860 e. The summed E-state index contributed by atoms with van der Waals surface area (Å²) < 4.78 is 2.89. The van der Waals surface area contributed by atoms with Crippen molar-refractivity contribution in [2.75, 3.05) is 4.43 Å². The van der Waals surface area contributed by atoms with Gasteiger partial charge in [0.1, 0.15) is 0 Å². The SMILES string of the molecule is CCCC(I)=C(CCC)CCI. The molecule has 0 bridgehead atoms. The summed E-state index contributed by atoms with van der Waals surface area (Å²) in [6, 6.07) is 0. The van der Waals surface area contributed by atoms with Crippen LogP contribution in [0, 0.1) is 0 Å². The van der Waals surface area contributed by atoms with Gasteiger partial charge in [0.15, 0.2) is 0 Å². The fourth-order valence-electron chi connectivity index (χ4n) is 1.21. The van der Waals surface area contributed by atoms with Crippen molar-refractivity contribution in [3.8, 4) is 0 Å². The van der Waals surface area contributed by atoms with E-state index in [0.717, 1.165) is 0 Å². The van der Waals surface area contributed by atoms with E-state index >= 15 is 0 Å². The zero-order valence-corrected chi connectivity index (χ0v) is 12.3. The molecule has 0 aliphatic rings. The molecule has 0 fully saturated rings. The monoisotopic (exact) mass is 392 g/mol. The van der Waals surface area contributed by atoms with E-state index in [4.69, 9.17) is 0 Å². The van der Waals surface area contributed by atoms with Crippen molar-refractivity contribution in [1.82, 2.24) is 0 Å². The van der Waals surface area contributed by atoms with Crippen LogP contribution in [-0.2, 0) is 0 Å². The second kappa shape index (κ2) is 8.78. The normalized spacial score (nSPS) is 13.0. The van der Waals surface area contributed by atoms with Crippen LogP contribution >= 0.6 is 45.2 Å². The third-order valence-electron chi connectivity index (χ3n) is 1.80. The standard InChI is InChI=1S/C10H18I2/c1-3-5-9(7-8-11)10(12)6-4-2/h3-8H2,1-2H3. The van der Waals surface area contributed by atoms with Gasteiger partial charge in [-0.15, -0.1) is 0 Å². The van der Waals surface area contributed by atoms with Crippen LogP contribution in [0.15, 0.2) is 9.15 Å². The van der Waals surface area contributed by atoms with E-state index in [-0.39, 0.29) is 0 Å². The van der Waals surface area contributed by atoms with E-state index in [1.54, 1.807) is 9.15 Å². The molecule has 0 unspecified atom stereocenters. The van der Waals surface area contributed by atoms with Crippen LogP contribution < -0.4 is 0 Å². The molecule has 0 N–H and O–H groups in total. The van der Waals surface area contributed by atoms with Gasteiger partial charge in [0.2, 0.25) is 0 Å². The third kappa shape index (κ3) is 5.78. The topological polar surface area (TPSA) is 0 Å². The van der Waals surface area contributed by atoms with Crippen molar-refractivity contribution >= 4 is 45.2 Å². The number of alkyl halides is 1. The van der Waals surface area contributed by atoms with Gasteiger partial charge < -0.3 is 0 Å². The highest BCUT2D eigenvalue weighted by atomic mass is 127. The second-order valence-electron chi connectivity index (χ2n) is 2.95. The van der Waals surface area contributed by atoms with Crippen molar-refractivity contribution in [2.24, 2.45) is 0 Å². The van der Waals surface area contributed by atoms with Crippen molar-refractivity contribution in [1.29, 1.82) is 0 Å². The molecule has 2 heteroatoms. The first-order chi connectivity index (χ1) is 5.76. The fraction of sp³-hybridized carbons (Fsp3) is 0.800. The molecule has 0 aliphatic carbocycles. The number of hydrogen-bond acceptors (Lipinski definition) is 0. The Morgan fingerprint density at radius 1 is 1.00 bits per heavy atom. The molecule has 0 saturated heterocycles. The van der Waals surface area contributed by atoms with E-state index < -0.39 is 0 Å². The van der Waals surface area contributed by atoms with E-state index in [2.05, 4.69) is 59.0 Å². The number of hydrogen-bond donors (Lipinski definition) is 0. The summed E-state index contributed by atoms with van der Waals surface area (Å²) in [6.07, 6.45) is 6.47. The Hall–Kier alpha value is 1.20. The van der Waals surface area contributed by atoms with Gasteiger partial charge in [-0.1, -0.05) is 54.9 Å². The summed E-state index contributed by atoms with van der Waals surface area (Å²) >= 11 is 4.99. The Morgan fingerprint density at radius 3 is 2.00 bits per heavy atom. The number of halogens is 2. The Morgan fingerprint density at radius 2 is 1.58 bits per heavy atom. The maximum Gasteiger partial charge on any atom is 0.00329 e. The van der Waals surface area contributed by atoms with E-state index in [0.29, 0.717) is 0 Å². The first-order valence-corrected chi connectivity index (χ1v) is 7.29. The van der Waals surface area contributed by atoms with E-state index in [1.807, 2.05) is 0 Å². The Bertz CT molecular complexity index is 131. The minimum absolute atomic E-state index is 1.27. The van der Waals surface area contributed by atoms with Crippen molar-refractivity contribution in [2.45, 2.75) is 46.0 Å². The number of allylic oxidation sites excluding steroid dienone is 2. The summed E-state index contributed by atoms with van der Waals surface area (Å²) in [6.45, 7) is 4.52. The van der Waals surface area contributed by atoms with Crippen LogP contribution in [0.25, 0.3) is 0 Å². The third-order valence-corrected chi connectivity index (χ3v) is 3.64. The van der Waals surface area contributed by atoms with Crippen LogP contribution in [0.2, 0.25) is 0 Å². The van der Waals surface area contributed by atoms with Gasteiger partial charge in [0.05, 0.1) is 0 Å². The molecule has 0 radical (unpaired) electrons. The predicted molar refractivity (Wildman–Crippen MR) is 74.4 cm³/mol. The molecule has 0 saturated carbocycles. The smallest absolute Gasteiger partial charge is 0.00329 e. The molecule has 0 aromatic heterocycles. The average molecular weight is 392 g/mol. The van der Waals surface area contributed by atoms with Gasteiger partial charge in [0.25, 0.3) is 0 Å². The van der Waals surface area contributed by atoms with Crippen molar-refractivity contribution in [3.05, 3.63) is 9.15 Å². The molecule has 0 spiro atoms. The first-order valence-electron chi connectivity index (χ1n) is 4.68. The molecule has 72 valence electrons. The maximum atomic E-state index is 2.53. The lowest BCUT2D eigenvalue weighted by Crippen LogP contribution is -1.88. The van der Waals surface area contributed by atoms with Crippen molar-refractivity contribution in [3.63, 3.8) is 0 Å². The van der Waals surface area contributed by atoms with Gasteiger partial charge >= 0.3 is 0 Å². The zero-order valence-electron chi connectivity index (χ0n) is 8.00. The van der Waals surface area contributed by atoms with Gasteiger partial charge in [0, 0.05) is 4.43 Å².